The maximum atomic E-state index is 11.8. The van der Waals surface area contributed by atoms with E-state index in [9.17, 15) is 9.59 Å². The molecule has 0 heterocycles. The number of hydrogen-bond acceptors (Lipinski definition) is 4. The van der Waals surface area contributed by atoms with Crippen molar-refractivity contribution in [3.8, 4) is 0 Å². The molecule has 6 heteroatoms. The van der Waals surface area contributed by atoms with Crippen LogP contribution in [0.15, 0.2) is 12.7 Å². The first kappa shape index (κ1) is 7.66. The third kappa shape index (κ3) is 7.54. The molecule has 0 aliphatic carbocycles. The maximum absolute atomic E-state index is 11.8. The van der Waals surface area contributed by atoms with Crippen molar-refractivity contribution in [2.45, 2.75) is 33.1 Å². The Balaban J connectivity index is 5.07. The smallest absolute Gasteiger partial charge is 0.407 e. The molecule has 1 unspecified atom stereocenters. The molecule has 0 bridgehead atoms. The van der Waals surface area contributed by atoms with Crippen LogP contribution in [0.4, 0.5) is 9.59 Å². The van der Waals surface area contributed by atoms with Crippen molar-refractivity contribution >= 4 is 12.2 Å². The standard InChI is InChI=1S/C12H22N2O4/c1-5-6-12(4,7-17-10(13)15)8-18-11(16)14-9(2)3/h5,9H,1,6-8H2,2-4H3,(H2,13,15)(H,14,16)/i2D3,3D3,9D. The Morgan fingerprint density at radius 2 is 2.17 bits per heavy atom. The first-order valence-electron chi connectivity index (χ1n) is 8.56. The van der Waals surface area contributed by atoms with Gasteiger partial charge in [-0.3, -0.25) is 0 Å². The van der Waals surface area contributed by atoms with Crippen LogP contribution in [0.1, 0.15) is 36.6 Å². The summed E-state index contributed by atoms with van der Waals surface area (Å²) in [6, 6.07) is -3.24. The van der Waals surface area contributed by atoms with Crippen LogP contribution in [0.25, 0.3) is 0 Å². The zero-order valence-electron chi connectivity index (χ0n) is 17.1. The summed E-state index contributed by atoms with van der Waals surface area (Å²) in [6.07, 6.45) is -0.713. The molecule has 0 aromatic rings. The monoisotopic (exact) mass is 265 g/mol. The molecule has 18 heavy (non-hydrogen) atoms. The molecule has 0 saturated heterocycles. The summed E-state index contributed by atoms with van der Waals surface area (Å²) in [6.45, 7) is -2.13. The summed E-state index contributed by atoms with van der Waals surface area (Å²) < 4.78 is 60.4. The first-order valence-corrected chi connectivity index (χ1v) is 5.06. The summed E-state index contributed by atoms with van der Waals surface area (Å²) in [5, 5.41) is 1.58. The fourth-order valence-electron chi connectivity index (χ4n) is 1.13. The van der Waals surface area contributed by atoms with Crippen LogP contribution in [-0.4, -0.2) is 31.4 Å². The van der Waals surface area contributed by atoms with E-state index in [-0.39, 0.29) is 19.6 Å². The molecule has 0 aromatic heterocycles. The fraction of sp³-hybridized carbons (Fsp3) is 0.667. The minimum Gasteiger partial charge on any atom is -0.449 e. The van der Waals surface area contributed by atoms with Gasteiger partial charge in [0.1, 0.15) is 13.2 Å². The molecule has 0 saturated carbocycles. The van der Waals surface area contributed by atoms with E-state index in [0.29, 0.717) is 0 Å². The van der Waals surface area contributed by atoms with Crippen molar-refractivity contribution in [2.75, 3.05) is 13.2 Å². The van der Waals surface area contributed by atoms with Gasteiger partial charge in [-0.15, -0.1) is 6.58 Å². The number of hydrogen-bond donors (Lipinski definition) is 2. The summed E-state index contributed by atoms with van der Waals surface area (Å²) in [5.74, 6) is 0. The van der Waals surface area contributed by atoms with Crippen molar-refractivity contribution in [1.82, 2.24) is 5.32 Å². The zero-order valence-corrected chi connectivity index (χ0v) is 10.1. The Hall–Kier alpha value is -1.72. The number of carbonyl (C=O) groups is 2. The van der Waals surface area contributed by atoms with E-state index in [1.165, 1.54) is 6.08 Å². The lowest BCUT2D eigenvalue weighted by atomic mass is 9.89. The van der Waals surface area contributed by atoms with Gasteiger partial charge < -0.3 is 20.5 Å². The van der Waals surface area contributed by atoms with Gasteiger partial charge in [0.15, 0.2) is 0 Å². The van der Waals surface area contributed by atoms with Gasteiger partial charge >= 0.3 is 12.2 Å². The van der Waals surface area contributed by atoms with E-state index in [4.69, 9.17) is 20.1 Å². The normalized spacial score (nSPS) is 21.3. The molecular formula is C12H22N2O4. The SMILES string of the molecule is [2H]C([2H])([2H])C([2H])(NC(=O)OCC(C)(CC=C)COC(N)=O)C([2H])([2H])[2H]. The van der Waals surface area contributed by atoms with E-state index in [0.717, 1.165) is 0 Å². The molecule has 0 aliphatic heterocycles. The quantitative estimate of drug-likeness (QED) is 0.687. The van der Waals surface area contributed by atoms with Gasteiger partial charge in [0.05, 0.1) is 1.37 Å². The maximum Gasteiger partial charge on any atom is 0.407 e. The van der Waals surface area contributed by atoms with Gasteiger partial charge in [-0.1, -0.05) is 13.0 Å². The van der Waals surface area contributed by atoms with E-state index in [1.54, 1.807) is 12.2 Å². The Labute approximate surface area is 117 Å². The highest BCUT2D eigenvalue weighted by molar-refractivity contribution is 5.67. The third-order valence-corrected chi connectivity index (χ3v) is 1.98. The molecule has 0 radical (unpaired) electrons. The fourth-order valence-corrected chi connectivity index (χ4v) is 1.13. The van der Waals surface area contributed by atoms with Crippen LogP contribution in [0.3, 0.4) is 0 Å². The number of ether oxygens (including phenoxy) is 2. The molecule has 3 N–H and O–H groups in total. The molecular weight excluding hydrogens is 236 g/mol. The largest absolute Gasteiger partial charge is 0.449 e. The van der Waals surface area contributed by atoms with E-state index in [2.05, 4.69) is 11.3 Å². The van der Waals surface area contributed by atoms with Crippen molar-refractivity contribution in [2.24, 2.45) is 11.1 Å². The number of carbonyl (C=O) groups excluding carboxylic acids is 2. The average Bonchev–Trinajstić information content (AvgIpc) is 2.41. The van der Waals surface area contributed by atoms with E-state index < -0.39 is 37.3 Å². The van der Waals surface area contributed by atoms with Crippen molar-refractivity contribution < 1.29 is 28.7 Å². The molecule has 0 aromatic carbocycles. The lowest BCUT2D eigenvalue weighted by molar-refractivity contribution is 0.0403. The first-order chi connectivity index (χ1) is 11.1. The molecule has 6 nitrogen and oxygen atoms in total. The number of amides is 2. The number of nitrogens with one attached hydrogen (secondary N) is 1. The number of alkyl carbamates (subject to hydrolysis) is 1. The zero-order chi connectivity index (χ0) is 20.1. The predicted octanol–water partition coefficient (Wildman–Crippen LogP) is 1.80. The Morgan fingerprint density at radius 1 is 1.56 bits per heavy atom. The van der Waals surface area contributed by atoms with Crippen LogP contribution in [0.5, 0.6) is 0 Å². The topological polar surface area (TPSA) is 90.7 Å². The number of nitrogens with two attached hydrogens (primary N) is 1. The van der Waals surface area contributed by atoms with Gasteiger partial charge in [-0.05, 0) is 20.1 Å². The summed E-state index contributed by atoms with van der Waals surface area (Å²) >= 11 is 0. The summed E-state index contributed by atoms with van der Waals surface area (Å²) in [7, 11) is 0. The van der Waals surface area contributed by atoms with Gasteiger partial charge in [-0.2, -0.15) is 0 Å². The Morgan fingerprint density at radius 3 is 2.67 bits per heavy atom. The van der Waals surface area contributed by atoms with Gasteiger partial charge in [-0.25, -0.2) is 9.59 Å². The molecule has 2 amide bonds. The molecule has 104 valence electrons. The third-order valence-electron chi connectivity index (χ3n) is 1.98. The van der Waals surface area contributed by atoms with Crippen LogP contribution >= 0.6 is 0 Å². The summed E-state index contributed by atoms with van der Waals surface area (Å²) in [5.41, 5.74) is 3.96. The van der Waals surface area contributed by atoms with Crippen LogP contribution in [0, 0.1) is 5.41 Å². The van der Waals surface area contributed by atoms with Gasteiger partial charge in [0.2, 0.25) is 0 Å². The second kappa shape index (κ2) is 7.58. The average molecular weight is 265 g/mol. The number of allylic oxidation sites excluding steroid dienone is 1. The highest BCUT2D eigenvalue weighted by atomic mass is 16.6. The van der Waals surface area contributed by atoms with Crippen molar-refractivity contribution in [3.63, 3.8) is 0 Å². The van der Waals surface area contributed by atoms with Crippen molar-refractivity contribution in [1.29, 1.82) is 0 Å². The minimum atomic E-state index is -3.32. The molecule has 0 rings (SSSR count). The highest BCUT2D eigenvalue weighted by Crippen LogP contribution is 2.23. The molecule has 0 aliphatic rings. The number of rotatable bonds is 7. The predicted molar refractivity (Wildman–Crippen MR) is 68.1 cm³/mol. The Bertz CT molecular complexity index is 493. The number of primary amides is 1. The van der Waals surface area contributed by atoms with Crippen molar-refractivity contribution in [3.05, 3.63) is 12.7 Å². The highest BCUT2D eigenvalue weighted by Gasteiger charge is 2.27. The molecule has 0 spiro atoms. The minimum absolute atomic E-state index is 0.216. The molecule has 0 fully saturated rings. The van der Waals surface area contributed by atoms with Gasteiger partial charge in [0.25, 0.3) is 0 Å². The van der Waals surface area contributed by atoms with E-state index in [1.807, 2.05) is 0 Å². The Kier molecular flexibility index (Phi) is 3.22. The van der Waals surface area contributed by atoms with Crippen LogP contribution < -0.4 is 11.1 Å². The van der Waals surface area contributed by atoms with Gasteiger partial charge in [0, 0.05) is 19.7 Å². The second-order valence-electron chi connectivity index (χ2n) is 3.99. The van der Waals surface area contributed by atoms with E-state index >= 15 is 0 Å². The summed E-state index contributed by atoms with van der Waals surface area (Å²) in [4.78, 5) is 22.5. The lowest BCUT2D eigenvalue weighted by Crippen LogP contribution is -2.36. The van der Waals surface area contributed by atoms with Crippen LogP contribution in [0.2, 0.25) is 0 Å². The molecule has 1 atom stereocenters. The second-order valence-corrected chi connectivity index (χ2v) is 3.99. The lowest BCUT2D eigenvalue weighted by Gasteiger charge is -2.27. The van der Waals surface area contributed by atoms with Crippen LogP contribution in [-0.2, 0) is 9.47 Å².